The fraction of sp³-hybridized carbons (Fsp3) is 0.600. The summed E-state index contributed by atoms with van der Waals surface area (Å²) in [4.78, 5) is 11.6. The minimum Gasteiger partial charge on any atom is -0.364 e. The third kappa shape index (κ3) is 2.59. The van der Waals surface area contributed by atoms with Gasteiger partial charge >= 0.3 is 0 Å². The monoisotopic (exact) mass is 290 g/mol. The van der Waals surface area contributed by atoms with Crippen LogP contribution in [0.15, 0.2) is 6.07 Å². The van der Waals surface area contributed by atoms with E-state index in [1.807, 2.05) is 0 Å². The Hall–Kier alpha value is -1.36. The SMILES string of the molecule is CCNc1nc(NC(C)(C)C2CC2)c2cc(C)sc2n1. The summed E-state index contributed by atoms with van der Waals surface area (Å²) in [7, 11) is 0. The fourth-order valence-corrected chi connectivity index (χ4v) is 3.47. The van der Waals surface area contributed by atoms with Crippen molar-refractivity contribution in [1.82, 2.24) is 9.97 Å². The highest BCUT2D eigenvalue weighted by molar-refractivity contribution is 7.18. The van der Waals surface area contributed by atoms with Crippen molar-refractivity contribution in [3.8, 4) is 0 Å². The molecule has 0 aliphatic heterocycles. The Balaban J connectivity index is 2.02. The van der Waals surface area contributed by atoms with Crippen molar-refractivity contribution < 1.29 is 0 Å². The Kier molecular flexibility index (Phi) is 3.32. The van der Waals surface area contributed by atoms with Crippen molar-refractivity contribution in [2.45, 2.75) is 46.1 Å². The van der Waals surface area contributed by atoms with E-state index >= 15 is 0 Å². The molecule has 1 aliphatic rings. The summed E-state index contributed by atoms with van der Waals surface area (Å²) in [6.45, 7) is 9.56. The van der Waals surface area contributed by atoms with Crippen LogP contribution in [0.2, 0.25) is 0 Å². The van der Waals surface area contributed by atoms with Gasteiger partial charge in [0.2, 0.25) is 5.95 Å². The van der Waals surface area contributed by atoms with Gasteiger partial charge < -0.3 is 10.6 Å². The second kappa shape index (κ2) is 4.88. The molecule has 2 heterocycles. The van der Waals surface area contributed by atoms with E-state index in [0.717, 1.165) is 34.4 Å². The molecule has 0 bridgehead atoms. The highest BCUT2D eigenvalue weighted by atomic mass is 32.1. The van der Waals surface area contributed by atoms with Gasteiger partial charge in [0.05, 0.1) is 5.39 Å². The highest BCUT2D eigenvalue weighted by Gasteiger charge is 2.38. The van der Waals surface area contributed by atoms with Crippen LogP contribution in [0.1, 0.15) is 38.5 Å². The van der Waals surface area contributed by atoms with Gasteiger partial charge in [0, 0.05) is 17.0 Å². The fourth-order valence-electron chi connectivity index (χ4n) is 2.59. The van der Waals surface area contributed by atoms with Crippen LogP contribution in [-0.4, -0.2) is 22.1 Å². The minimum absolute atomic E-state index is 0.0978. The Morgan fingerprint density at radius 3 is 2.75 bits per heavy atom. The van der Waals surface area contributed by atoms with Crippen LogP contribution in [0.4, 0.5) is 11.8 Å². The van der Waals surface area contributed by atoms with Gasteiger partial charge in [-0.05, 0) is 52.5 Å². The second-order valence-electron chi connectivity index (χ2n) is 6.12. The van der Waals surface area contributed by atoms with Gasteiger partial charge in [-0.25, -0.2) is 4.98 Å². The maximum absolute atomic E-state index is 4.67. The third-order valence-corrected chi connectivity index (χ3v) is 4.83. The average Bonchev–Trinajstić information content (AvgIpc) is 3.13. The molecule has 0 amide bonds. The van der Waals surface area contributed by atoms with Gasteiger partial charge in [-0.3, -0.25) is 0 Å². The van der Waals surface area contributed by atoms with Gasteiger partial charge in [0.1, 0.15) is 10.6 Å². The minimum atomic E-state index is 0.0978. The van der Waals surface area contributed by atoms with E-state index in [4.69, 9.17) is 0 Å². The summed E-state index contributed by atoms with van der Waals surface area (Å²) in [5.74, 6) is 2.44. The van der Waals surface area contributed by atoms with Crippen molar-refractivity contribution in [2.24, 2.45) is 5.92 Å². The van der Waals surface area contributed by atoms with Crippen LogP contribution in [0.25, 0.3) is 10.2 Å². The second-order valence-corrected chi connectivity index (χ2v) is 7.36. The van der Waals surface area contributed by atoms with E-state index in [1.165, 1.54) is 17.7 Å². The maximum Gasteiger partial charge on any atom is 0.226 e. The molecular weight excluding hydrogens is 268 g/mol. The maximum atomic E-state index is 4.67. The molecule has 0 aromatic carbocycles. The number of fused-ring (bicyclic) bond motifs is 1. The summed E-state index contributed by atoms with van der Waals surface area (Å²) < 4.78 is 0. The molecule has 1 fully saturated rings. The van der Waals surface area contributed by atoms with Crippen molar-refractivity contribution in [2.75, 3.05) is 17.2 Å². The Morgan fingerprint density at radius 2 is 2.10 bits per heavy atom. The third-order valence-electron chi connectivity index (χ3n) is 3.89. The van der Waals surface area contributed by atoms with Crippen molar-refractivity contribution in [3.05, 3.63) is 10.9 Å². The topological polar surface area (TPSA) is 49.8 Å². The lowest BCUT2D eigenvalue weighted by atomic mass is 9.99. The van der Waals surface area contributed by atoms with Gasteiger partial charge in [-0.1, -0.05) is 0 Å². The van der Waals surface area contributed by atoms with E-state index in [1.54, 1.807) is 11.3 Å². The first-order valence-corrected chi connectivity index (χ1v) is 8.11. The molecule has 4 nitrogen and oxygen atoms in total. The molecule has 0 spiro atoms. The van der Waals surface area contributed by atoms with Crippen molar-refractivity contribution >= 4 is 33.3 Å². The average molecular weight is 290 g/mol. The number of thiophene rings is 1. The predicted octanol–water partition coefficient (Wildman–Crippen LogP) is 4.03. The number of anilines is 2. The number of nitrogens with one attached hydrogen (secondary N) is 2. The standard InChI is InChI=1S/C15H22N4S/c1-5-16-14-17-12(19-15(3,4)10-6-7-10)11-8-9(2)20-13(11)18-14/h8,10H,5-7H2,1-4H3,(H2,16,17,18,19). The molecule has 20 heavy (non-hydrogen) atoms. The molecule has 0 radical (unpaired) electrons. The van der Waals surface area contributed by atoms with Crippen LogP contribution < -0.4 is 10.6 Å². The summed E-state index contributed by atoms with van der Waals surface area (Å²) in [5.41, 5.74) is 0.0978. The zero-order chi connectivity index (χ0) is 14.3. The van der Waals surface area contributed by atoms with Crippen molar-refractivity contribution in [3.63, 3.8) is 0 Å². The van der Waals surface area contributed by atoms with E-state index in [0.29, 0.717) is 0 Å². The number of nitrogens with zero attached hydrogens (tertiary/aromatic N) is 2. The normalized spacial score (nSPS) is 15.6. The Bertz CT molecular complexity index is 628. The molecule has 0 saturated heterocycles. The van der Waals surface area contributed by atoms with Gasteiger partial charge in [-0.15, -0.1) is 11.3 Å². The summed E-state index contributed by atoms with van der Waals surface area (Å²) in [5, 5.41) is 8.02. The molecule has 2 aromatic rings. The lowest BCUT2D eigenvalue weighted by Crippen LogP contribution is -2.33. The molecule has 2 N–H and O–H groups in total. The van der Waals surface area contributed by atoms with Crippen LogP contribution in [0, 0.1) is 12.8 Å². The van der Waals surface area contributed by atoms with Crippen LogP contribution in [0.3, 0.4) is 0 Å². The van der Waals surface area contributed by atoms with E-state index in [2.05, 4.69) is 54.4 Å². The zero-order valence-corrected chi connectivity index (χ0v) is 13.4. The van der Waals surface area contributed by atoms with E-state index < -0.39 is 0 Å². The molecule has 108 valence electrons. The van der Waals surface area contributed by atoms with Crippen molar-refractivity contribution in [1.29, 1.82) is 0 Å². The van der Waals surface area contributed by atoms with E-state index in [9.17, 15) is 0 Å². The lowest BCUT2D eigenvalue weighted by molar-refractivity contribution is 0.493. The molecular formula is C15H22N4S. The molecule has 1 saturated carbocycles. The Morgan fingerprint density at radius 1 is 1.35 bits per heavy atom. The lowest BCUT2D eigenvalue weighted by Gasteiger charge is -2.27. The number of aryl methyl sites for hydroxylation is 1. The first-order valence-electron chi connectivity index (χ1n) is 7.30. The summed E-state index contributed by atoms with van der Waals surface area (Å²) in [6, 6.07) is 2.18. The smallest absolute Gasteiger partial charge is 0.226 e. The number of rotatable bonds is 5. The van der Waals surface area contributed by atoms with Crippen LogP contribution >= 0.6 is 11.3 Å². The molecule has 0 atom stereocenters. The van der Waals surface area contributed by atoms with Gasteiger partial charge in [0.15, 0.2) is 0 Å². The Labute approximate surface area is 124 Å². The predicted molar refractivity (Wildman–Crippen MR) is 86.7 cm³/mol. The quantitative estimate of drug-likeness (QED) is 0.873. The van der Waals surface area contributed by atoms with Gasteiger partial charge in [-0.2, -0.15) is 4.98 Å². The number of hydrogen-bond donors (Lipinski definition) is 2. The highest BCUT2D eigenvalue weighted by Crippen LogP contribution is 2.42. The van der Waals surface area contributed by atoms with Gasteiger partial charge in [0.25, 0.3) is 0 Å². The van der Waals surface area contributed by atoms with Crippen LogP contribution in [0.5, 0.6) is 0 Å². The molecule has 3 rings (SSSR count). The molecule has 0 unspecified atom stereocenters. The van der Waals surface area contributed by atoms with E-state index in [-0.39, 0.29) is 5.54 Å². The number of hydrogen-bond acceptors (Lipinski definition) is 5. The molecule has 5 heteroatoms. The largest absolute Gasteiger partial charge is 0.364 e. The first-order chi connectivity index (χ1) is 9.49. The van der Waals surface area contributed by atoms with Crippen LogP contribution in [-0.2, 0) is 0 Å². The summed E-state index contributed by atoms with van der Waals surface area (Å²) in [6.07, 6.45) is 2.63. The number of aromatic nitrogens is 2. The summed E-state index contributed by atoms with van der Waals surface area (Å²) >= 11 is 1.73. The molecule has 1 aliphatic carbocycles. The molecule has 2 aromatic heterocycles. The zero-order valence-electron chi connectivity index (χ0n) is 12.6. The first kappa shape index (κ1) is 13.6.